The van der Waals surface area contributed by atoms with Crippen molar-refractivity contribution in [1.29, 1.82) is 0 Å². The lowest BCUT2D eigenvalue weighted by atomic mass is 10.0. The average Bonchev–Trinajstić information content (AvgIpc) is 2.45. The molecule has 0 saturated carbocycles. The Morgan fingerprint density at radius 1 is 1.30 bits per heavy atom. The molecule has 1 heterocycles. The molecule has 20 heavy (non-hydrogen) atoms. The Kier molecular flexibility index (Phi) is 4.79. The number of aromatic nitrogens is 1. The van der Waals surface area contributed by atoms with Crippen LogP contribution in [-0.2, 0) is 4.74 Å². The maximum atomic E-state index is 6.10. The molecule has 0 aliphatic heterocycles. The average molecular weight is 273 g/mol. The van der Waals surface area contributed by atoms with Gasteiger partial charge in [-0.15, -0.1) is 0 Å². The molecule has 108 valence electrons. The summed E-state index contributed by atoms with van der Waals surface area (Å²) in [6.45, 7) is 7.75. The van der Waals surface area contributed by atoms with Crippen molar-refractivity contribution in [2.24, 2.45) is 5.92 Å². The van der Waals surface area contributed by atoms with Crippen LogP contribution in [0.15, 0.2) is 30.5 Å². The molecule has 0 fully saturated rings. The number of nitrogen functional groups attached to an aromatic ring is 1. The van der Waals surface area contributed by atoms with Crippen LogP contribution in [0.5, 0.6) is 0 Å². The number of hydrogen-bond donors (Lipinski definition) is 2. The van der Waals surface area contributed by atoms with Gasteiger partial charge in [-0.25, -0.2) is 0 Å². The highest BCUT2D eigenvalue weighted by Gasteiger charge is 2.16. The number of para-hydroxylation sites is 1. The predicted molar refractivity (Wildman–Crippen MR) is 84.9 cm³/mol. The fourth-order valence-electron chi connectivity index (χ4n) is 2.15. The van der Waals surface area contributed by atoms with Crippen molar-refractivity contribution in [3.05, 3.63) is 30.5 Å². The highest BCUT2D eigenvalue weighted by Crippen LogP contribution is 2.29. The first-order valence-electron chi connectivity index (χ1n) is 7.11. The maximum absolute atomic E-state index is 6.10. The summed E-state index contributed by atoms with van der Waals surface area (Å²) in [6.07, 6.45) is 1.71. The van der Waals surface area contributed by atoms with Gasteiger partial charge in [0.2, 0.25) is 0 Å². The lowest BCUT2D eigenvalue weighted by Crippen LogP contribution is -2.31. The molecule has 1 aromatic heterocycles. The molecule has 1 atom stereocenters. The van der Waals surface area contributed by atoms with E-state index in [0.29, 0.717) is 18.2 Å². The second-order valence-electron chi connectivity index (χ2n) is 5.26. The van der Waals surface area contributed by atoms with Crippen LogP contribution >= 0.6 is 0 Å². The molecule has 2 aromatic rings. The third kappa shape index (κ3) is 3.20. The Hall–Kier alpha value is -1.81. The molecule has 0 amide bonds. The lowest BCUT2D eigenvalue weighted by molar-refractivity contribution is 0.127. The Morgan fingerprint density at radius 2 is 2.05 bits per heavy atom. The second kappa shape index (κ2) is 6.57. The highest BCUT2D eigenvalue weighted by atomic mass is 16.5. The predicted octanol–water partition coefficient (Wildman–Crippen LogP) is 3.29. The SMILES string of the molecule is CCOCC(Nc1c(N)cnc2ccccc12)C(C)C. The number of nitrogens with zero attached hydrogens (tertiary/aromatic N) is 1. The number of anilines is 2. The van der Waals surface area contributed by atoms with Crippen LogP contribution < -0.4 is 11.1 Å². The second-order valence-corrected chi connectivity index (χ2v) is 5.26. The third-order valence-corrected chi connectivity index (χ3v) is 3.44. The topological polar surface area (TPSA) is 60.2 Å². The van der Waals surface area contributed by atoms with E-state index in [0.717, 1.165) is 23.2 Å². The van der Waals surface area contributed by atoms with Gasteiger partial charge in [0.15, 0.2) is 0 Å². The van der Waals surface area contributed by atoms with Crippen LogP contribution in [0.3, 0.4) is 0 Å². The molecule has 0 aliphatic rings. The van der Waals surface area contributed by atoms with Gasteiger partial charge in [-0.05, 0) is 18.9 Å². The zero-order valence-corrected chi connectivity index (χ0v) is 12.4. The normalized spacial score (nSPS) is 12.8. The Balaban J connectivity index is 2.33. The summed E-state index contributed by atoms with van der Waals surface area (Å²) in [7, 11) is 0. The summed E-state index contributed by atoms with van der Waals surface area (Å²) in [5.74, 6) is 0.452. The molecule has 2 rings (SSSR count). The Bertz CT molecular complexity index is 569. The molecule has 3 N–H and O–H groups in total. The summed E-state index contributed by atoms with van der Waals surface area (Å²) in [4.78, 5) is 4.36. The number of pyridine rings is 1. The van der Waals surface area contributed by atoms with Crippen LogP contribution in [0.1, 0.15) is 20.8 Å². The van der Waals surface area contributed by atoms with Gasteiger partial charge in [-0.3, -0.25) is 4.98 Å². The number of hydrogen-bond acceptors (Lipinski definition) is 4. The molecule has 4 nitrogen and oxygen atoms in total. The van der Waals surface area contributed by atoms with Crippen LogP contribution in [0, 0.1) is 5.92 Å². The first-order valence-corrected chi connectivity index (χ1v) is 7.11. The van der Waals surface area contributed by atoms with Crippen LogP contribution in [0.4, 0.5) is 11.4 Å². The number of nitrogens with two attached hydrogens (primary N) is 1. The quantitative estimate of drug-likeness (QED) is 0.848. The van der Waals surface area contributed by atoms with Crippen molar-refractivity contribution < 1.29 is 4.74 Å². The van der Waals surface area contributed by atoms with Gasteiger partial charge in [0.25, 0.3) is 0 Å². The fourth-order valence-corrected chi connectivity index (χ4v) is 2.15. The summed E-state index contributed by atoms with van der Waals surface area (Å²) in [6, 6.07) is 8.24. The largest absolute Gasteiger partial charge is 0.396 e. The smallest absolute Gasteiger partial charge is 0.0743 e. The van der Waals surface area contributed by atoms with Crippen molar-refractivity contribution in [1.82, 2.24) is 4.98 Å². The molecule has 0 bridgehead atoms. The van der Waals surface area contributed by atoms with Gasteiger partial charge in [-0.1, -0.05) is 32.0 Å². The standard InChI is InChI=1S/C16H23N3O/c1-4-20-10-15(11(2)3)19-16-12-7-5-6-8-14(12)18-9-13(16)17/h5-9,11,15H,4,10,17H2,1-3H3,(H,18,19). The molecular formula is C16H23N3O. The van der Waals surface area contributed by atoms with Gasteiger partial charge < -0.3 is 15.8 Å². The van der Waals surface area contributed by atoms with Crippen LogP contribution in [0.2, 0.25) is 0 Å². The van der Waals surface area contributed by atoms with E-state index in [1.165, 1.54) is 0 Å². The van der Waals surface area contributed by atoms with Gasteiger partial charge in [0.05, 0.1) is 35.7 Å². The third-order valence-electron chi connectivity index (χ3n) is 3.44. The first kappa shape index (κ1) is 14.6. The molecular weight excluding hydrogens is 250 g/mol. The van der Waals surface area contributed by atoms with E-state index in [-0.39, 0.29) is 6.04 Å². The number of ether oxygens (including phenoxy) is 1. The Labute approximate surface area is 120 Å². The monoisotopic (exact) mass is 273 g/mol. The van der Waals surface area contributed by atoms with Crippen molar-refractivity contribution in [3.8, 4) is 0 Å². The van der Waals surface area contributed by atoms with E-state index >= 15 is 0 Å². The highest BCUT2D eigenvalue weighted by molar-refractivity contribution is 5.96. The fraction of sp³-hybridized carbons (Fsp3) is 0.438. The minimum absolute atomic E-state index is 0.225. The van der Waals surface area contributed by atoms with E-state index < -0.39 is 0 Å². The van der Waals surface area contributed by atoms with Crippen LogP contribution in [-0.4, -0.2) is 24.2 Å². The number of benzene rings is 1. The van der Waals surface area contributed by atoms with Gasteiger partial charge in [0.1, 0.15) is 0 Å². The molecule has 0 saturated heterocycles. The molecule has 4 heteroatoms. The van der Waals surface area contributed by atoms with E-state index in [9.17, 15) is 0 Å². The van der Waals surface area contributed by atoms with Crippen LogP contribution in [0.25, 0.3) is 10.9 Å². The summed E-state index contributed by atoms with van der Waals surface area (Å²) in [5.41, 5.74) is 8.67. The Morgan fingerprint density at radius 3 is 2.75 bits per heavy atom. The number of rotatable bonds is 6. The summed E-state index contributed by atoms with van der Waals surface area (Å²) >= 11 is 0. The molecule has 1 unspecified atom stereocenters. The van der Waals surface area contributed by atoms with Crippen molar-refractivity contribution >= 4 is 22.3 Å². The molecule has 0 radical (unpaired) electrons. The lowest BCUT2D eigenvalue weighted by Gasteiger charge is -2.25. The zero-order valence-electron chi connectivity index (χ0n) is 12.4. The van der Waals surface area contributed by atoms with E-state index in [4.69, 9.17) is 10.5 Å². The van der Waals surface area contributed by atoms with E-state index in [1.54, 1.807) is 6.20 Å². The number of fused-ring (bicyclic) bond motifs is 1. The summed E-state index contributed by atoms with van der Waals surface area (Å²) in [5, 5.41) is 4.59. The molecule has 0 aliphatic carbocycles. The first-order chi connectivity index (χ1) is 9.63. The van der Waals surface area contributed by atoms with Gasteiger partial charge >= 0.3 is 0 Å². The van der Waals surface area contributed by atoms with Crippen molar-refractivity contribution in [2.45, 2.75) is 26.8 Å². The van der Waals surface area contributed by atoms with Crippen molar-refractivity contribution in [3.63, 3.8) is 0 Å². The minimum Gasteiger partial charge on any atom is -0.396 e. The summed E-state index contributed by atoms with van der Waals surface area (Å²) < 4.78 is 5.56. The minimum atomic E-state index is 0.225. The number of nitrogens with one attached hydrogen (secondary N) is 1. The van der Waals surface area contributed by atoms with Crippen molar-refractivity contribution in [2.75, 3.05) is 24.3 Å². The molecule has 1 aromatic carbocycles. The van der Waals surface area contributed by atoms with E-state index in [2.05, 4.69) is 24.1 Å². The molecule has 0 spiro atoms. The van der Waals surface area contributed by atoms with E-state index in [1.807, 2.05) is 31.2 Å². The maximum Gasteiger partial charge on any atom is 0.0743 e. The van der Waals surface area contributed by atoms with Gasteiger partial charge in [-0.2, -0.15) is 0 Å². The van der Waals surface area contributed by atoms with Gasteiger partial charge in [0, 0.05) is 12.0 Å². The zero-order chi connectivity index (χ0) is 14.5.